The van der Waals surface area contributed by atoms with E-state index < -0.39 is 0 Å². The minimum Gasteiger partial charge on any atom is -0.489 e. The van der Waals surface area contributed by atoms with E-state index >= 15 is 0 Å². The first-order valence-corrected chi connectivity index (χ1v) is 5.15. The van der Waals surface area contributed by atoms with Crippen molar-refractivity contribution < 1.29 is 14.3 Å². The molecule has 0 saturated heterocycles. The van der Waals surface area contributed by atoms with Crippen LogP contribution < -0.4 is 9.47 Å². The van der Waals surface area contributed by atoms with Crippen molar-refractivity contribution in [3.05, 3.63) is 22.2 Å². The smallest absolute Gasteiger partial charge is 0.176 e. The van der Waals surface area contributed by atoms with E-state index in [4.69, 9.17) is 9.47 Å². The van der Waals surface area contributed by atoms with Gasteiger partial charge in [0.05, 0.1) is 23.2 Å². The van der Waals surface area contributed by atoms with Gasteiger partial charge >= 0.3 is 0 Å². The summed E-state index contributed by atoms with van der Waals surface area (Å²) in [7, 11) is 0. The Morgan fingerprint density at radius 1 is 1.21 bits per heavy atom. The Bertz CT molecular complexity index is 363. The SMILES string of the molecule is O=Cc1ccc(Br)c2c1OCCCO2. The molecule has 0 N–H and O–H groups in total. The summed E-state index contributed by atoms with van der Waals surface area (Å²) in [5, 5.41) is 0. The fraction of sp³-hybridized carbons (Fsp3) is 0.300. The molecule has 1 aliphatic heterocycles. The number of halogens is 1. The highest BCUT2D eigenvalue weighted by atomic mass is 79.9. The van der Waals surface area contributed by atoms with Gasteiger partial charge in [-0.05, 0) is 28.1 Å². The van der Waals surface area contributed by atoms with Gasteiger partial charge in [-0.1, -0.05) is 0 Å². The molecule has 1 heterocycles. The number of hydrogen-bond acceptors (Lipinski definition) is 3. The van der Waals surface area contributed by atoms with Crippen molar-refractivity contribution in [2.45, 2.75) is 6.42 Å². The van der Waals surface area contributed by atoms with Gasteiger partial charge in [-0.2, -0.15) is 0 Å². The molecule has 0 atom stereocenters. The molecule has 0 amide bonds. The molecule has 1 aromatic carbocycles. The lowest BCUT2D eigenvalue weighted by Gasteiger charge is -2.10. The van der Waals surface area contributed by atoms with Crippen molar-refractivity contribution in [1.29, 1.82) is 0 Å². The summed E-state index contributed by atoms with van der Waals surface area (Å²) >= 11 is 3.36. The van der Waals surface area contributed by atoms with E-state index in [0.29, 0.717) is 30.3 Å². The molecule has 0 spiro atoms. The summed E-state index contributed by atoms with van der Waals surface area (Å²) in [6.07, 6.45) is 1.61. The second-order valence-electron chi connectivity index (χ2n) is 2.96. The molecule has 0 saturated carbocycles. The first-order valence-electron chi connectivity index (χ1n) is 4.36. The van der Waals surface area contributed by atoms with Crippen molar-refractivity contribution in [3.8, 4) is 11.5 Å². The molecule has 0 bridgehead atoms. The number of benzene rings is 1. The van der Waals surface area contributed by atoms with Gasteiger partial charge < -0.3 is 9.47 Å². The highest BCUT2D eigenvalue weighted by Crippen LogP contribution is 2.38. The Morgan fingerprint density at radius 2 is 1.93 bits per heavy atom. The zero-order chi connectivity index (χ0) is 9.97. The number of rotatable bonds is 1. The first kappa shape index (κ1) is 9.52. The van der Waals surface area contributed by atoms with E-state index in [0.717, 1.165) is 17.2 Å². The highest BCUT2D eigenvalue weighted by molar-refractivity contribution is 9.10. The zero-order valence-electron chi connectivity index (χ0n) is 7.46. The number of aldehydes is 1. The summed E-state index contributed by atoms with van der Waals surface area (Å²) < 4.78 is 11.8. The Hall–Kier alpha value is -1.03. The third kappa shape index (κ3) is 1.62. The minimum absolute atomic E-state index is 0.533. The van der Waals surface area contributed by atoms with Gasteiger partial charge in [-0.3, -0.25) is 4.79 Å². The molecule has 1 aliphatic rings. The molecule has 3 nitrogen and oxygen atoms in total. The van der Waals surface area contributed by atoms with Gasteiger partial charge in [0.15, 0.2) is 17.8 Å². The lowest BCUT2D eigenvalue weighted by atomic mass is 10.2. The Morgan fingerprint density at radius 3 is 2.64 bits per heavy atom. The Balaban J connectivity index is 2.54. The molecule has 0 aliphatic carbocycles. The highest BCUT2D eigenvalue weighted by Gasteiger charge is 2.17. The second kappa shape index (κ2) is 4.00. The quantitative estimate of drug-likeness (QED) is 0.725. The number of fused-ring (bicyclic) bond motifs is 1. The Kier molecular flexibility index (Phi) is 2.72. The molecule has 14 heavy (non-hydrogen) atoms. The summed E-state index contributed by atoms with van der Waals surface area (Å²) in [4.78, 5) is 10.8. The fourth-order valence-electron chi connectivity index (χ4n) is 1.34. The normalized spacial score (nSPS) is 14.6. The van der Waals surface area contributed by atoms with Crippen LogP contribution in [0.4, 0.5) is 0 Å². The van der Waals surface area contributed by atoms with Crippen LogP contribution >= 0.6 is 15.9 Å². The maximum atomic E-state index is 10.8. The van der Waals surface area contributed by atoms with Crippen molar-refractivity contribution in [2.75, 3.05) is 13.2 Å². The first-order chi connectivity index (χ1) is 6.83. The van der Waals surface area contributed by atoms with Gasteiger partial charge in [0.1, 0.15) is 0 Å². The number of carbonyl (C=O) groups is 1. The molecule has 74 valence electrons. The van der Waals surface area contributed by atoms with E-state index in [1.165, 1.54) is 0 Å². The molecule has 4 heteroatoms. The van der Waals surface area contributed by atoms with Gasteiger partial charge in [0, 0.05) is 6.42 Å². The second-order valence-corrected chi connectivity index (χ2v) is 3.82. The summed E-state index contributed by atoms with van der Waals surface area (Å²) in [6, 6.07) is 3.50. The van der Waals surface area contributed by atoms with Crippen molar-refractivity contribution in [3.63, 3.8) is 0 Å². The van der Waals surface area contributed by atoms with E-state index in [-0.39, 0.29) is 0 Å². The van der Waals surface area contributed by atoms with E-state index in [2.05, 4.69) is 15.9 Å². The van der Waals surface area contributed by atoms with E-state index in [1.807, 2.05) is 0 Å². The maximum Gasteiger partial charge on any atom is 0.176 e. The van der Waals surface area contributed by atoms with Crippen LogP contribution in [0.1, 0.15) is 16.8 Å². The summed E-state index contributed by atoms with van der Waals surface area (Å²) in [5.41, 5.74) is 0.533. The van der Waals surface area contributed by atoms with Gasteiger partial charge in [0.2, 0.25) is 0 Å². The largest absolute Gasteiger partial charge is 0.489 e. The summed E-state index contributed by atoms with van der Waals surface area (Å²) in [6.45, 7) is 1.21. The van der Waals surface area contributed by atoms with E-state index in [9.17, 15) is 4.79 Å². The molecule has 2 rings (SSSR count). The number of hydrogen-bond donors (Lipinski definition) is 0. The van der Waals surface area contributed by atoms with Crippen molar-refractivity contribution in [1.82, 2.24) is 0 Å². The number of ether oxygens (including phenoxy) is 2. The fourth-order valence-corrected chi connectivity index (χ4v) is 1.76. The molecular weight excluding hydrogens is 248 g/mol. The molecule has 0 unspecified atom stereocenters. The maximum absolute atomic E-state index is 10.8. The average Bonchev–Trinajstić information content (AvgIpc) is 2.44. The summed E-state index contributed by atoms with van der Waals surface area (Å²) in [5.74, 6) is 1.18. The van der Waals surface area contributed by atoms with Crippen LogP contribution in [0.3, 0.4) is 0 Å². The predicted octanol–water partition coefficient (Wildman–Crippen LogP) is 2.42. The lowest BCUT2D eigenvalue weighted by Crippen LogP contribution is -1.98. The monoisotopic (exact) mass is 256 g/mol. The molecule has 0 aromatic heterocycles. The minimum atomic E-state index is 0.533. The van der Waals surface area contributed by atoms with Gasteiger partial charge in [0.25, 0.3) is 0 Å². The predicted molar refractivity (Wildman–Crippen MR) is 55.1 cm³/mol. The lowest BCUT2D eigenvalue weighted by molar-refractivity contribution is 0.111. The van der Waals surface area contributed by atoms with Gasteiger partial charge in [-0.25, -0.2) is 0 Å². The van der Waals surface area contributed by atoms with Crippen LogP contribution in [0.25, 0.3) is 0 Å². The van der Waals surface area contributed by atoms with Crippen LogP contribution in [-0.4, -0.2) is 19.5 Å². The van der Waals surface area contributed by atoms with Crippen LogP contribution in [0.2, 0.25) is 0 Å². The van der Waals surface area contributed by atoms with Crippen molar-refractivity contribution >= 4 is 22.2 Å². The van der Waals surface area contributed by atoms with Crippen LogP contribution in [-0.2, 0) is 0 Å². The van der Waals surface area contributed by atoms with Crippen molar-refractivity contribution in [2.24, 2.45) is 0 Å². The third-order valence-corrected chi connectivity index (χ3v) is 2.63. The standard InChI is InChI=1S/C10H9BrO3/c11-8-3-2-7(6-12)9-10(8)14-5-1-4-13-9/h2-3,6H,1,4-5H2. The molecular formula is C10H9BrO3. The van der Waals surface area contributed by atoms with Crippen LogP contribution in [0.5, 0.6) is 11.5 Å². The average molecular weight is 257 g/mol. The van der Waals surface area contributed by atoms with Crippen LogP contribution in [0, 0.1) is 0 Å². The zero-order valence-corrected chi connectivity index (χ0v) is 9.04. The third-order valence-electron chi connectivity index (χ3n) is 2.00. The number of carbonyl (C=O) groups excluding carboxylic acids is 1. The molecule has 0 radical (unpaired) electrons. The van der Waals surface area contributed by atoms with Gasteiger partial charge in [-0.15, -0.1) is 0 Å². The van der Waals surface area contributed by atoms with Crippen LogP contribution in [0.15, 0.2) is 16.6 Å². The molecule has 0 fully saturated rings. The topological polar surface area (TPSA) is 35.5 Å². The van der Waals surface area contributed by atoms with E-state index in [1.54, 1.807) is 12.1 Å². The Labute approximate surface area is 90.1 Å². The molecule has 1 aromatic rings.